The second kappa shape index (κ2) is 12.9. The third kappa shape index (κ3) is 10.5. The Kier molecular flexibility index (Phi) is 12.7. The van der Waals surface area contributed by atoms with Crippen molar-refractivity contribution in [1.29, 1.82) is 0 Å². The normalized spacial score (nSPS) is 18.9. The van der Waals surface area contributed by atoms with Crippen LogP contribution in [0.1, 0.15) is 6.92 Å². The molecule has 0 radical (unpaired) electrons. The van der Waals surface area contributed by atoms with E-state index in [1.54, 1.807) is 0 Å². The van der Waals surface area contributed by atoms with E-state index >= 15 is 0 Å². The van der Waals surface area contributed by atoms with Gasteiger partial charge in [-0.15, -0.1) is 0 Å². The first-order valence-corrected chi connectivity index (χ1v) is 7.89. The largest absolute Gasteiger partial charge is 0.396 e. The molecule has 0 amide bonds. The zero-order chi connectivity index (χ0) is 18.5. The topological polar surface area (TPSA) is 156 Å². The maximum Gasteiger partial charge on any atom is 0.0781 e. The van der Waals surface area contributed by atoms with E-state index in [0.29, 0.717) is 6.10 Å². The quantitative estimate of drug-likeness (QED) is 0.230. The van der Waals surface area contributed by atoms with Crippen LogP contribution < -0.4 is 0 Å². The van der Waals surface area contributed by atoms with E-state index in [0.717, 1.165) is 19.8 Å². The maximum absolute atomic E-state index is 9.03. The number of hydrogen-bond donors (Lipinski definition) is 6. The molecule has 2 fully saturated rings. The van der Waals surface area contributed by atoms with Gasteiger partial charge in [0.2, 0.25) is 0 Å². The molecular weight excluding hydrogens is 324 g/mol. The fourth-order valence-electron chi connectivity index (χ4n) is 1.15. The molecule has 0 saturated carbocycles. The van der Waals surface area contributed by atoms with Gasteiger partial charge in [0.1, 0.15) is 0 Å². The number of aliphatic hydroxyl groups is 6. The van der Waals surface area contributed by atoms with Crippen molar-refractivity contribution in [3.8, 4) is 0 Å². The van der Waals surface area contributed by atoms with Gasteiger partial charge >= 0.3 is 0 Å². The predicted molar refractivity (Wildman–Crippen MR) is 84.4 cm³/mol. The molecule has 2 aliphatic heterocycles. The highest BCUT2D eigenvalue weighted by molar-refractivity contribution is 4.80. The molecule has 146 valence electrons. The van der Waals surface area contributed by atoms with Gasteiger partial charge < -0.3 is 44.8 Å². The lowest BCUT2D eigenvalue weighted by Gasteiger charge is -2.31. The summed E-state index contributed by atoms with van der Waals surface area (Å²) in [7, 11) is 0. The van der Waals surface area contributed by atoms with Crippen LogP contribution in [0.25, 0.3) is 0 Å². The second-order valence-electron chi connectivity index (χ2n) is 6.20. The molecule has 1 atom stereocenters. The third-order valence-corrected chi connectivity index (χ3v) is 3.53. The van der Waals surface area contributed by atoms with E-state index in [2.05, 4.69) is 11.7 Å². The maximum atomic E-state index is 9.03. The number of aliphatic hydroxyl groups excluding tert-OH is 6. The van der Waals surface area contributed by atoms with Gasteiger partial charge in [0.25, 0.3) is 0 Å². The molecule has 9 heteroatoms. The highest BCUT2D eigenvalue weighted by atomic mass is 16.6. The molecule has 2 saturated heterocycles. The standard InChI is InChI=1S/C10H22O7.C3H6O.C2H4O/c11-1-9(2-12,3-13)7-17-8-10(4-14,5-15)6-16;1-3-2-4-3;1-2-3-1/h11-16H,1-8H2;3H,2H2,1H3;1-2H2. The van der Waals surface area contributed by atoms with Crippen LogP contribution in [-0.2, 0) is 14.2 Å². The Morgan fingerprint density at radius 2 is 1.04 bits per heavy atom. The van der Waals surface area contributed by atoms with Crippen LogP contribution >= 0.6 is 0 Å². The van der Waals surface area contributed by atoms with Crippen molar-refractivity contribution < 1.29 is 44.8 Å². The van der Waals surface area contributed by atoms with Crippen LogP contribution in [0.5, 0.6) is 0 Å². The molecule has 1 unspecified atom stereocenters. The lowest BCUT2D eigenvalue weighted by molar-refractivity contribution is -0.103. The second-order valence-corrected chi connectivity index (χ2v) is 6.20. The summed E-state index contributed by atoms with van der Waals surface area (Å²) in [5.41, 5.74) is -2.32. The number of hydrogen-bond acceptors (Lipinski definition) is 9. The zero-order valence-corrected chi connectivity index (χ0v) is 14.3. The highest BCUT2D eigenvalue weighted by Gasteiger charge is 2.32. The molecule has 0 aromatic rings. The SMILES string of the molecule is C1CO1.CC1CO1.OCC(CO)(CO)COCC(CO)(CO)CO. The van der Waals surface area contributed by atoms with Crippen LogP contribution in [0.2, 0.25) is 0 Å². The minimum Gasteiger partial charge on any atom is -0.396 e. The summed E-state index contributed by atoms with van der Waals surface area (Å²) in [6.07, 6.45) is 0.583. The molecule has 9 nitrogen and oxygen atoms in total. The fraction of sp³-hybridized carbons (Fsp3) is 1.00. The monoisotopic (exact) mass is 356 g/mol. The summed E-state index contributed by atoms with van der Waals surface area (Å²) in [4.78, 5) is 0. The zero-order valence-electron chi connectivity index (χ0n) is 14.3. The molecule has 24 heavy (non-hydrogen) atoms. The summed E-state index contributed by atoms with van der Waals surface area (Å²) in [5, 5.41) is 54.2. The van der Waals surface area contributed by atoms with E-state index in [9.17, 15) is 0 Å². The molecule has 0 bridgehead atoms. The Hall–Kier alpha value is -0.360. The summed E-state index contributed by atoms with van der Waals surface area (Å²) < 4.78 is 14.4. The first kappa shape index (κ1) is 23.6. The van der Waals surface area contributed by atoms with Crippen molar-refractivity contribution in [3.63, 3.8) is 0 Å². The summed E-state index contributed by atoms with van der Waals surface area (Å²) in [6.45, 7) is 2.04. The molecule has 0 aromatic heterocycles. The van der Waals surface area contributed by atoms with E-state index in [-0.39, 0.29) is 13.2 Å². The Labute approximate surface area is 142 Å². The van der Waals surface area contributed by atoms with Crippen molar-refractivity contribution in [1.82, 2.24) is 0 Å². The molecule has 6 N–H and O–H groups in total. The van der Waals surface area contributed by atoms with Crippen molar-refractivity contribution >= 4 is 0 Å². The predicted octanol–water partition coefficient (Wildman–Crippen LogP) is -2.65. The fourth-order valence-corrected chi connectivity index (χ4v) is 1.15. The number of ether oxygens (including phenoxy) is 3. The average Bonchev–Trinajstić information content (AvgIpc) is 3.52. The van der Waals surface area contributed by atoms with Gasteiger partial charge in [-0.1, -0.05) is 0 Å². The molecule has 2 rings (SSSR count). The smallest absolute Gasteiger partial charge is 0.0781 e. The Balaban J connectivity index is 0.000000605. The van der Waals surface area contributed by atoms with E-state index < -0.39 is 50.5 Å². The van der Waals surface area contributed by atoms with Crippen LogP contribution in [-0.4, -0.2) is 109 Å². The molecule has 0 aliphatic carbocycles. The van der Waals surface area contributed by atoms with Crippen molar-refractivity contribution in [2.45, 2.75) is 13.0 Å². The van der Waals surface area contributed by atoms with Gasteiger partial charge in [0, 0.05) is 0 Å². The first-order chi connectivity index (χ1) is 11.5. The summed E-state index contributed by atoms with van der Waals surface area (Å²) in [5.74, 6) is 0. The van der Waals surface area contributed by atoms with Crippen molar-refractivity contribution in [2.24, 2.45) is 10.8 Å². The van der Waals surface area contributed by atoms with E-state index in [4.69, 9.17) is 40.1 Å². The minimum atomic E-state index is -1.16. The van der Waals surface area contributed by atoms with E-state index in [1.165, 1.54) is 0 Å². The van der Waals surface area contributed by atoms with Gasteiger partial charge in [-0.25, -0.2) is 0 Å². The lowest BCUT2D eigenvalue weighted by atomic mass is 9.91. The van der Waals surface area contributed by atoms with Crippen LogP contribution in [0.15, 0.2) is 0 Å². The third-order valence-electron chi connectivity index (χ3n) is 3.53. The molecular formula is C15H32O9. The van der Waals surface area contributed by atoms with Gasteiger partial charge in [0.15, 0.2) is 0 Å². The van der Waals surface area contributed by atoms with E-state index in [1.807, 2.05) is 0 Å². The molecule has 0 aromatic carbocycles. The Morgan fingerprint density at radius 1 is 0.792 bits per heavy atom. The lowest BCUT2D eigenvalue weighted by Crippen LogP contribution is -2.43. The Morgan fingerprint density at radius 3 is 1.17 bits per heavy atom. The highest BCUT2D eigenvalue weighted by Crippen LogP contribution is 2.19. The van der Waals surface area contributed by atoms with Crippen molar-refractivity contribution in [2.75, 3.05) is 72.7 Å². The van der Waals surface area contributed by atoms with Crippen LogP contribution in [0.4, 0.5) is 0 Å². The van der Waals surface area contributed by atoms with Crippen molar-refractivity contribution in [3.05, 3.63) is 0 Å². The molecule has 2 aliphatic rings. The molecule has 0 spiro atoms. The van der Waals surface area contributed by atoms with Crippen LogP contribution in [0.3, 0.4) is 0 Å². The first-order valence-electron chi connectivity index (χ1n) is 7.89. The number of epoxide rings is 2. The number of rotatable bonds is 10. The van der Waals surface area contributed by atoms with Gasteiger partial charge in [0.05, 0.1) is 89.6 Å². The summed E-state index contributed by atoms with van der Waals surface area (Å²) in [6, 6.07) is 0. The average molecular weight is 356 g/mol. The Bertz CT molecular complexity index is 247. The summed E-state index contributed by atoms with van der Waals surface area (Å²) >= 11 is 0. The van der Waals surface area contributed by atoms with Gasteiger partial charge in [-0.05, 0) is 6.92 Å². The minimum absolute atomic E-state index is 0.141. The molecule has 2 heterocycles. The van der Waals surface area contributed by atoms with Gasteiger partial charge in [-0.3, -0.25) is 0 Å². The van der Waals surface area contributed by atoms with Gasteiger partial charge in [-0.2, -0.15) is 0 Å². The van der Waals surface area contributed by atoms with Crippen LogP contribution in [0, 0.1) is 10.8 Å².